The molecule has 0 spiro atoms. The minimum atomic E-state index is -2.99. The van der Waals surface area contributed by atoms with Crippen molar-refractivity contribution in [2.45, 2.75) is 90.3 Å². The summed E-state index contributed by atoms with van der Waals surface area (Å²) in [6.45, 7) is 18.3. The van der Waals surface area contributed by atoms with Crippen LogP contribution in [0.1, 0.15) is 54.4 Å². The third kappa shape index (κ3) is 7.95. The third-order valence-corrected chi connectivity index (χ3v) is 13.9. The first-order valence-electron chi connectivity index (χ1n) is 13.1. The van der Waals surface area contributed by atoms with E-state index in [4.69, 9.17) is 13.6 Å². The van der Waals surface area contributed by atoms with Crippen LogP contribution in [-0.4, -0.2) is 56.6 Å². The van der Waals surface area contributed by atoms with Crippen LogP contribution in [0.5, 0.6) is 0 Å². The van der Waals surface area contributed by atoms with Crippen molar-refractivity contribution in [1.82, 2.24) is 4.90 Å². The molecule has 0 N–H and O–H groups in total. The summed E-state index contributed by atoms with van der Waals surface area (Å²) in [7, 11) is -2.86. The molecule has 196 valence electrons. The first-order chi connectivity index (χ1) is 16.2. The van der Waals surface area contributed by atoms with Gasteiger partial charge in [-0.25, -0.2) is 0 Å². The van der Waals surface area contributed by atoms with Gasteiger partial charge in [-0.3, -0.25) is 0 Å². The van der Waals surface area contributed by atoms with E-state index in [1.807, 2.05) is 0 Å². The number of likely N-dealkylation sites (tertiary alicyclic amines) is 1. The van der Waals surface area contributed by atoms with E-state index in [0.29, 0.717) is 6.04 Å². The molecule has 2 aromatic rings. The average molecular weight is 518 g/mol. The summed E-state index contributed by atoms with van der Waals surface area (Å²) in [4.78, 5) is 2.48. The Morgan fingerprint density at radius 2 is 1.34 bits per heavy atom. The molecule has 2 aromatic carbocycles. The Morgan fingerprint density at radius 3 is 1.71 bits per heavy atom. The van der Waals surface area contributed by atoms with E-state index >= 15 is 0 Å². The zero-order chi connectivity index (χ0) is 25.9. The molecule has 0 amide bonds. The second-order valence-corrected chi connectivity index (χ2v) is 19.0. The van der Waals surface area contributed by atoms with Crippen LogP contribution in [0.15, 0.2) is 60.7 Å². The third-order valence-electron chi connectivity index (χ3n) is 6.79. The van der Waals surface area contributed by atoms with Gasteiger partial charge in [-0.2, -0.15) is 0 Å². The molecule has 1 aliphatic heterocycles. The Balaban J connectivity index is 2.05. The number of benzene rings is 2. The van der Waals surface area contributed by atoms with E-state index in [-0.39, 0.29) is 17.3 Å². The molecule has 2 atom stereocenters. The number of nitrogens with zero attached hydrogens (tertiary/aromatic N) is 1. The molecule has 1 aliphatic rings. The minimum absolute atomic E-state index is 0.0287. The van der Waals surface area contributed by atoms with E-state index in [9.17, 15) is 0 Å². The molecule has 1 saturated heterocycles. The molecule has 35 heavy (non-hydrogen) atoms. The molecule has 0 bridgehead atoms. The predicted molar refractivity (Wildman–Crippen MR) is 155 cm³/mol. The summed E-state index contributed by atoms with van der Waals surface area (Å²) in [5, 5.41) is 2.88. The maximum absolute atomic E-state index is 7.17. The number of hydrogen-bond donors (Lipinski definition) is 0. The maximum atomic E-state index is 7.17. The van der Waals surface area contributed by atoms with Crippen molar-refractivity contribution in [3.8, 4) is 0 Å². The summed E-state index contributed by atoms with van der Waals surface area (Å²) in [6, 6.07) is 23.5. The van der Waals surface area contributed by atoms with Gasteiger partial charge in [-0.15, -0.1) is 0 Å². The van der Waals surface area contributed by atoms with Crippen LogP contribution in [-0.2, 0) is 13.6 Å². The molecule has 3 rings (SSSR count). The number of rotatable bonds is 9. The second kappa shape index (κ2) is 11.1. The summed E-state index contributed by atoms with van der Waals surface area (Å²) >= 11 is 0. The van der Waals surface area contributed by atoms with Gasteiger partial charge >= 0.3 is 216 Å². The van der Waals surface area contributed by atoms with Gasteiger partial charge < -0.3 is 0 Å². The van der Waals surface area contributed by atoms with Crippen LogP contribution in [0.3, 0.4) is 0 Å². The normalized spacial score (nSPS) is 19.6. The van der Waals surface area contributed by atoms with E-state index in [1.165, 1.54) is 16.8 Å². The van der Waals surface area contributed by atoms with E-state index in [1.54, 1.807) is 0 Å². The van der Waals surface area contributed by atoms with Gasteiger partial charge in [0.05, 0.1) is 0 Å². The SMILES string of the molecule is CN1CCC[C@H]1[C@@H](C[Si](C)(c1ccccc1)c1ccccc1)O[PH](C)(OC(C)(C)C)OC(C)(C)C. The molecule has 6 heteroatoms. The second-order valence-electron chi connectivity index (χ2n) is 12.4. The Kier molecular flexibility index (Phi) is 9.06. The van der Waals surface area contributed by atoms with Crippen molar-refractivity contribution in [3.05, 3.63) is 60.7 Å². The summed E-state index contributed by atoms with van der Waals surface area (Å²) in [5.41, 5.74) is -0.699. The molecule has 1 fully saturated rings. The zero-order valence-electron chi connectivity index (χ0n) is 23.4. The van der Waals surface area contributed by atoms with Crippen LogP contribution in [0.4, 0.5) is 0 Å². The van der Waals surface area contributed by atoms with Crippen LogP contribution in [0.2, 0.25) is 12.6 Å². The topological polar surface area (TPSA) is 30.9 Å². The Morgan fingerprint density at radius 1 is 0.886 bits per heavy atom. The van der Waals surface area contributed by atoms with Crippen LogP contribution in [0, 0.1) is 0 Å². The molecule has 0 aromatic heterocycles. The molecule has 0 saturated carbocycles. The van der Waals surface area contributed by atoms with Crippen molar-refractivity contribution in [3.63, 3.8) is 0 Å². The van der Waals surface area contributed by atoms with Gasteiger partial charge in [0.15, 0.2) is 0 Å². The standard InChI is InChI=1S/C29H48NO3PSi/c1-28(2,3)32-34(8,33-29(4,5)6)31-27(26-21-16-22-30(26)7)23-35(9,24-17-12-10-13-18-24)25-19-14-11-15-20-25/h10-15,17-20,26-27,34H,16,21-23H2,1-9H3/t26-,27+/m0/s1. The van der Waals surface area contributed by atoms with Crippen molar-refractivity contribution in [1.29, 1.82) is 0 Å². The summed E-state index contributed by atoms with van der Waals surface area (Å²) < 4.78 is 20.5. The Bertz CT molecular complexity index is 871. The molecule has 0 aliphatic carbocycles. The van der Waals surface area contributed by atoms with Gasteiger partial charge in [-0.05, 0) is 0 Å². The van der Waals surface area contributed by atoms with Crippen molar-refractivity contribution in [2.24, 2.45) is 0 Å². The fourth-order valence-electron chi connectivity index (χ4n) is 5.54. The van der Waals surface area contributed by atoms with Gasteiger partial charge in [0.1, 0.15) is 0 Å². The molecule has 0 unspecified atom stereocenters. The summed E-state index contributed by atoms with van der Waals surface area (Å²) in [5.74, 6) is 0. The fourth-order valence-corrected chi connectivity index (χ4v) is 12.7. The van der Waals surface area contributed by atoms with Gasteiger partial charge in [-0.1, -0.05) is 0 Å². The summed E-state index contributed by atoms with van der Waals surface area (Å²) in [6.07, 6.45) is 2.38. The van der Waals surface area contributed by atoms with Gasteiger partial charge in [0, 0.05) is 0 Å². The molecule has 0 radical (unpaired) electrons. The quantitative estimate of drug-likeness (QED) is 0.296. The van der Waals surface area contributed by atoms with Crippen molar-refractivity contribution >= 4 is 26.4 Å². The molecule has 1 heterocycles. The van der Waals surface area contributed by atoms with Crippen molar-refractivity contribution < 1.29 is 13.6 Å². The van der Waals surface area contributed by atoms with Crippen LogP contribution < -0.4 is 10.4 Å². The first kappa shape index (κ1) is 28.5. The Labute approximate surface area is 216 Å². The molecular weight excluding hydrogens is 469 g/mol. The van der Waals surface area contributed by atoms with Crippen LogP contribution >= 0.6 is 7.94 Å². The zero-order valence-corrected chi connectivity index (χ0v) is 25.4. The van der Waals surface area contributed by atoms with E-state index < -0.39 is 16.0 Å². The average Bonchev–Trinajstić information content (AvgIpc) is 3.17. The molecule has 4 nitrogen and oxygen atoms in total. The van der Waals surface area contributed by atoms with E-state index in [0.717, 1.165) is 19.0 Å². The number of likely N-dealkylation sites (N-methyl/N-ethyl adjacent to an activating group) is 1. The Hall–Kier alpha value is -1.07. The van der Waals surface area contributed by atoms with Gasteiger partial charge in [0.2, 0.25) is 0 Å². The molecular formula is C29H48NO3PSi. The van der Waals surface area contributed by atoms with Gasteiger partial charge in [0.25, 0.3) is 0 Å². The van der Waals surface area contributed by atoms with E-state index in [2.05, 4.69) is 127 Å². The van der Waals surface area contributed by atoms with Crippen LogP contribution in [0.25, 0.3) is 0 Å². The predicted octanol–water partition coefficient (Wildman–Crippen LogP) is 6.11. The fraction of sp³-hybridized carbons (Fsp3) is 0.586. The number of hydrogen-bond acceptors (Lipinski definition) is 4. The first-order valence-corrected chi connectivity index (χ1v) is 18.0. The monoisotopic (exact) mass is 517 g/mol. The van der Waals surface area contributed by atoms with Crippen molar-refractivity contribution in [2.75, 3.05) is 20.3 Å².